The quantitative estimate of drug-likeness (QED) is 0.693. The highest BCUT2D eigenvalue weighted by Gasteiger charge is 2.42. The fourth-order valence-electron chi connectivity index (χ4n) is 1.17. The highest BCUT2D eigenvalue weighted by Crippen LogP contribution is 2.11. The minimum atomic E-state index is -2.90. The molecule has 0 aliphatic rings. The first-order valence-corrected chi connectivity index (χ1v) is 6.23. The molecule has 5 heteroatoms. The predicted molar refractivity (Wildman–Crippen MR) is 58.0 cm³/mol. The van der Waals surface area contributed by atoms with Gasteiger partial charge in [-0.25, -0.2) is 0 Å². The zero-order valence-corrected chi connectivity index (χ0v) is 10.2. The van der Waals surface area contributed by atoms with E-state index in [0.29, 0.717) is 6.61 Å². The molecule has 0 bridgehead atoms. The Morgan fingerprint density at radius 1 is 0.933 bits per heavy atom. The predicted octanol–water partition coefficient (Wildman–Crippen LogP) is 1.58. The average Bonchev–Trinajstić information content (AvgIpc) is 2.33. The molecule has 0 amide bonds. The Kier molecular flexibility index (Phi) is 4.93. The first-order chi connectivity index (χ1) is 7.26. The van der Waals surface area contributed by atoms with Crippen LogP contribution in [-0.2, 0) is 24.3 Å². The Balaban J connectivity index is 2.54. The first kappa shape index (κ1) is 12.3. The van der Waals surface area contributed by atoms with E-state index in [0.717, 1.165) is 5.56 Å². The van der Waals surface area contributed by atoms with E-state index in [4.69, 9.17) is 17.7 Å². The molecule has 1 rings (SSSR count). The van der Waals surface area contributed by atoms with Gasteiger partial charge in [0.1, 0.15) is 0 Å². The second kappa shape index (κ2) is 5.99. The summed E-state index contributed by atoms with van der Waals surface area (Å²) in [4.78, 5) is 0. The van der Waals surface area contributed by atoms with Crippen LogP contribution in [0.1, 0.15) is 5.56 Å². The summed E-state index contributed by atoms with van der Waals surface area (Å²) in [5, 5.41) is 0. The van der Waals surface area contributed by atoms with Gasteiger partial charge in [0.25, 0.3) is 0 Å². The molecule has 0 aromatic heterocycles. The van der Waals surface area contributed by atoms with Crippen molar-refractivity contribution in [1.29, 1.82) is 0 Å². The smallest absolute Gasteiger partial charge is 0.355 e. The average molecular weight is 228 g/mol. The van der Waals surface area contributed by atoms with Crippen LogP contribution < -0.4 is 0 Å². The normalized spacial score (nSPS) is 11.7. The molecule has 0 fully saturated rings. The van der Waals surface area contributed by atoms with Crippen molar-refractivity contribution >= 4 is 9.05 Å². The third kappa shape index (κ3) is 3.40. The van der Waals surface area contributed by atoms with Crippen molar-refractivity contribution in [2.45, 2.75) is 6.61 Å². The maximum atomic E-state index is 5.54. The van der Waals surface area contributed by atoms with Crippen LogP contribution in [0.4, 0.5) is 0 Å². The van der Waals surface area contributed by atoms with Crippen molar-refractivity contribution < 1.29 is 17.7 Å². The lowest BCUT2D eigenvalue weighted by Gasteiger charge is -2.22. The Morgan fingerprint density at radius 3 is 1.93 bits per heavy atom. The molecule has 1 aromatic rings. The Labute approximate surface area is 91.2 Å². The minimum Gasteiger partial charge on any atom is -0.355 e. The van der Waals surface area contributed by atoms with Gasteiger partial charge in [-0.3, -0.25) is 0 Å². The van der Waals surface area contributed by atoms with Crippen molar-refractivity contribution in [3.63, 3.8) is 0 Å². The van der Waals surface area contributed by atoms with Gasteiger partial charge in [-0.1, -0.05) is 30.3 Å². The zero-order valence-electron chi connectivity index (χ0n) is 9.23. The lowest BCUT2D eigenvalue weighted by atomic mass is 10.2. The molecular formula is C10H16O4Si. The summed E-state index contributed by atoms with van der Waals surface area (Å²) >= 11 is 0. The third-order valence-corrected chi connectivity index (χ3v) is 4.01. The van der Waals surface area contributed by atoms with Crippen LogP contribution in [0.5, 0.6) is 0 Å². The van der Waals surface area contributed by atoms with Gasteiger partial charge in [-0.2, -0.15) is 0 Å². The molecule has 0 heterocycles. The lowest BCUT2D eigenvalue weighted by molar-refractivity contribution is 0.000620. The molecule has 0 saturated heterocycles. The summed E-state index contributed by atoms with van der Waals surface area (Å²) in [7, 11) is 1.65. The molecule has 4 nitrogen and oxygen atoms in total. The van der Waals surface area contributed by atoms with E-state index < -0.39 is 9.05 Å². The van der Waals surface area contributed by atoms with Gasteiger partial charge in [-0.15, -0.1) is 0 Å². The van der Waals surface area contributed by atoms with Crippen LogP contribution in [0.25, 0.3) is 0 Å². The van der Waals surface area contributed by atoms with E-state index in [9.17, 15) is 0 Å². The summed E-state index contributed by atoms with van der Waals surface area (Å²) in [6.45, 7) is 0.419. The topological polar surface area (TPSA) is 36.9 Å². The van der Waals surface area contributed by atoms with Crippen molar-refractivity contribution in [3.05, 3.63) is 35.9 Å². The van der Waals surface area contributed by atoms with Gasteiger partial charge in [0, 0.05) is 21.3 Å². The molecule has 84 valence electrons. The number of hydrogen-bond donors (Lipinski definition) is 0. The van der Waals surface area contributed by atoms with Crippen molar-refractivity contribution in [2.75, 3.05) is 21.3 Å². The summed E-state index contributed by atoms with van der Waals surface area (Å²) in [6.07, 6.45) is 0. The second-order valence-corrected chi connectivity index (χ2v) is 5.40. The molecule has 1 aromatic carbocycles. The first-order valence-electron chi connectivity index (χ1n) is 4.59. The second-order valence-electron chi connectivity index (χ2n) is 2.89. The van der Waals surface area contributed by atoms with Crippen LogP contribution in [0, 0.1) is 0 Å². The number of benzene rings is 1. The van der Waals surface area contributed by atoms with Crippen LogP contribution in [0.2, 0.25) is 0 Å². The van der Waals surface area contributed by atoms with Crippen LogP contribution in [-0.4, -0.2) is 30.4 Å². The molecular weight excluding hydrogens is 212 g/mol. The molecule has 0 spiro atoms. The van der Waals surface area contributed by atoms with Crippen LogP contribution >= 0.6 is 0 Å². The fraction of sp³-hybridized carbons (Fsp3) is 0.400. The van der Waals surface area contributed by atoms with Gasteiger partial charge >= 0.3 is 9.05 Å². The highest BCUT2D eigenvalue weighted by molar-refractivity contribution is 6.53. The molecule has 0 aliphatic carbocycles. The van der Waals surface area contributed by atoms with E-state index in [1.807, 2.05) is 30.3 Å². The third-order valence-electron chi connectivity index (χ3n) is 2.01. The van der Waals surface area contributed by atoms with Crippen molar-refractivity contribution in [2.24, 2.45) is 0 Å². The van der Waals surface area contributed by atoms with E-state index in [1.54, 1.807) is 0 Å². The Bertz CT molecular complexity index is 266. The molecule has 15 heavy (non-hydrogen) atoms. The molecule has 0 saturated carbocycles. The standard InChI is InChI=1S/C10H16O4Si/c1-11-15(12-2,13-3)14-9-10-7-5-4-6-8-10/h4-8H,9H2,1-3H3. The van der Waals surface area contributed by atoms with Crippen LogP contribution in [0.3, 0.4) is 0 Å². The Morgan fingerprint density at radius 2 is 1.47 bits per heavy atom. The van der Waals surface area contributed by atoms with Gasteiger partial charge in [0.15, 0.2) is 0 Å². The summed E-state index contributed by atoms with van der Waals surface area (Å²) in [6, 6.07) is 9.81. The van der Waals surface area contributed by atoms with Crippen molar-refractivity contribution in [1.82, 2.24) is 0 Å². The highest BCUT2D eigenvalue weighted by atomic mass is 28.4. The minimum absolute atomic E-state index is 0.419. The molecule has 0 N–H and O–H groups in total. The lowest BCUT2D eigenvalue weighted by Crippen LogP contribution is -2.46. The SMILES string of the molecule is CO[Si](OC)(OC)OCc1ccccc1. The monoisotopic (exact) mass is 228 g/mol. The summed E-state index contributed by atoms with van der Waals surface area (Å²) < 4.78 is 20.9. The fourth-order valence-corrected chi connectivity index (χ4v) is 2.37. The molecule has 0 radical (unpaired) electrons. The van der Waals surface area contributed by atoms with E-state index in [1.165, 1.54) is 21.3 Å². The summed E-state index contributed by atoms with van der Waals surface area (Å²) in [5.41, 5.74) is 1.06. The molecule has 0 aliphatic heterocycles. The van der Waals surface area contributed by atoms with Gasteiger partial charge in [0.2, 0.25) is 0 Å². The zero-order chi connectivity index (χ0) is 11.1. The largest absolute Gasteiger partial charge is 0.679 e. The number of hydrogen-bond acceptors (Lipinski definition) is 4. The Hall–Kier alpha value is -0.723. The van der Waals surface area contributed by atoms with E-state index in [2.05, 4.69) is 0 Å². The van der Waals surface area contributed by atoms with Crippen LogP contribution in [0.15, 0.2) is 30.3 Å². The van der Waals surface area contributed by atoms with E-state index >= 15 is 0 Å². The number of rotatable bonds is 6. The molecule has 0 unspecified atom stereocenters. The maximum absolute atomic E-state index is 5.54. The maximum Gasteiger partial charge on any atom is 0.679 e. The molecule has 0 atom stereocenters. The van der Waals surface area contributed by atoms with E-state index in [-0.39, 0.29) is 0 Å². The van der Waals surface area contributed by atoms with Crippen molar-refractivity contribution in [3.8, 4) is 0 Å². The van der Waals surface area contributed by atoms with Gasteiger partial charge < -0.3 is 17.7 Å². The van der Waals surface area contributed by atoms with Gasteiger partial charge in [0.05, 0.1) is 6.61 Å². The summed E-state index contributed by atoms with van der Waals surface area (Å²) in [5.74, 6) is 0. The van der Waals surface area contributed by atoms with Gasteiger partial charge in [-0.05, 0) is 5.56 Å².